The van der Waals surface area contributed by atoms with E-state index in [0.717, 1.165) is 0 Å². The molecule has 0 radical (unpaired) electrons. The van der Waals surface area contributed by atoms with Crippen LogP contribution in [0, 0.1) is 0 Å². The molecule has 74 valence electrons. The molecule has 0 aliphatic carbocycles. The molecule has 0 aliphatic rings. The minimum absolute atomic E-state index is 0.427. The first kappa shape index (κ1) is 9.23. The Balaban J connectivity index is 2.41. The molecule has 0 fully saturated rings. The van der Waals surface area contributed by atoms with Gasteiger partial charge in [-0.05, 0) is 0 Å². The quantitative estimate of drug-likeness (QED) is 0.777. The fourth-order valence-electron chi connectivity index (χ4n) is 1.28. The van der Waals surface area contributed by atoms with Crippen molar-refractivity contribution in [2.45, 2.75) is 6.10 Å². The molecule has 2 heterocycles. The SMILES string of the molecule is Cn1ncc(Cl)c1C(O)c1ncc[nH]1. The van der Waals surface area contributed by atoms with Crippen LogP contribution in [0.25, 0.3) is 0 Å². The third kappa shape index (κ3) is 1.40. The van der Waals surface area contributed by atoms with Crippen LogP contribution in [-0.4, -0.2) is 24.9 Å². The molecular formula is C8H9ClN4O. The predicted molar refractivity (Wildman–Crippen MR) is 50.9 cm³/mol. The average molecular weight is 213 g/mol. The third-order valence-electron chi connectivity index (χ3n) is 1.97. The molecule has 0 aliphatic heterocycles. The van der Waals surface area contributed by atoms with E-state index in [-0.39, 0.29) is 0 Å². The van der Waals surface area contributed by atoms with E-state index in [9.17, 15) is 5.11 Å². The van der Waals surface area contributed by atoms with Crippen LogP contribution in [0.5, 0.6) is 0 Å². The molecule has 0 amide bonds. The summed E-state index contributed by atoms with van der Waals surface area (Å²) in [5.41, 5.74) is 0.529. The van der Waals surface area contributed by atoms with Crippen molar-refractivity contribution in [1.29, 1.82) is 0 Å². The maximum atomic E-state index is 9.89. The zero-order valence-corrected chi connectivity index (χ0v) is 8.23. The molecule has 2 N–H and O–H groups in total. The van der Waals surface area contributed by atoms with E-state index in [1.165, 1.54) is 10.9 Å². The predicted octanol–water partition coefficient (Wildman–Crippen LogP) is 0.878. The number of nitrogens with zero attached hydrogens (tertiary/aromatic N) is 3. The van der Waals surface area contributed by atoms with Gasteiger partial charge in [0.05, 0.1) is 16.9 Å². The Kier molecular flexibility index (Phi) is 2.26. The summed E-state index contributed by atoms with van der Waals surface area (Å²) >= 11 is 5.87. The first-order valence-corrected chi connectivity index (χ1v) is 4.42. The van der Waals surface area contributed by atoms with E-state index >= 15 is 0 Å². The summed E-state index contributed by atoms with van der Waals surface area (Å²) in [4.78, 5) is 6.77. The fraction of sp³-hybridized carbons (Fsp3) is 0.250. The summed E-state index contributed by atoms with van der Waals surface area (Å²) in [6.07, 6.45) is 3.83. The summed E-state index contributed by atoms with van der Waals surface area (Å²) in [6, 6.07) is 0. The van der Waals surface area contributed by atoms with Gasteiger partial charge >= 0.3 is 0 Å². The Bertz CT molecular complexity index is 403. The summed E-state index contributed by atoms with van der Waals surface area (Å²) in [5.74, 6) is 0.454. The van der Waals surface area contributed by atoms with Gasteiger partial charge in [0, 0.05) is 19.4 Å². The molecule has 14 heavy (non-hydrogen) atoms. The Morgan fingerprint density at radius 3 is 2.93 bits per heavy atom. The molecule has 0 saturated heterocycles. The molecule has 6 heteroatoms. The number of nitrogens with one attached hydrogen (secondary N) is 1. The van der Waals surface area contributed by atoms with Crippen LogP contribution in [0.3, 0.4) is 0 Å². The Hall–Kier alpha value is -1.33. The highest BCUT2D eigenvalue weighted by atomic mass is 35.5. The highest BCUT2D eigenvalue weighted by molar-refractivity contribution is 6.31. The molecule has 0 saturated carbocycles. The van der Waals surface area contributed by atoms with Crippen molar-refractivity contribution in [2.75, 3.05) is 0 Å². The van der Waals surface area contributed by atoms with Gasteiger partial charge in [0.25, 0.3) is 0 Å². The Morgan fingerprint density at radius 2 is 2.43 bits per heavy atom. The zero-order valence-electron chi connectivity index (χ0n) is 7.48. The molecule has 0 bridgehead atoms. The molecule has 2 aromatic heterocycles. The molecular weight excluding hydrogens is 204 g/mol. The maximum absolute atomic E-state index is 9.89. The summed E-state index contributed by atoms with van der Waals surface area (Å²) in [5, 5.41) is 14.2. The second kappa shape index (κ2) is 3.43. The lowest BCUT2D eigenvalue weighted by atomic mass is 10.2. The number of hydrogen-bond acceptors (Lipinski definition) is 3. The highest BCUT2D eigenvalue weighted by Gasteiger charge is 2.19. The van der Waals surface area contributed by atoms with Gasteiger partial charge in [-0.2, -0.15) is 5.10 Å². The smallest absolute Gasteiger partial charge is 0.154 e. The molecule has 0 aromatic carbocycles. The van der Waals surface area contributed by atoms with Gasteiger partial charge < -0.3 is 10.1 Å². The van der Waals surface area contributed by atoms with Crippen LogP contribution < -0.4 is 0 Å². The number of aromatic amines is 1. The van der Waals surface area contributed by atoms with E-state index in [0.29, 0.717) is 16.5 Å². The zero-order chi connectivity index (χ0) is 10.1. The van der Waals surface area contributed by atoms with Crippen LogP contribution >= 0.6 is 11.6 Å². The number of imidazole rings is 1. The normalized spacial score (nSPS) is 13.1. The van der Waals surface area contributed by atoms with Gasteiger partial charge in [0.15, 0.2) is 6.10 Å². The molecule has 1 atom stereocenters. The standard InChI is InChI=1S/C8H9ClN4O/c1-13-6(5(9)4-12-13)7(14)8-10-2-3-11-8/h2-4,7,14H,1H3,(H,10,11). The van der Waals surface area contributed by atoms with Crippen molar-refractivity contribution >= 4 is 11.6 Å². The Labute approximate surface area is 85.4 Å². The van der Waals surface area contributed by atoms with Crippen LogP contribution in [0.15, 0.2) is 18.6 Å². The second-order valence-electron chi connectivity index (χ2n) is 2.88. The van der Waals surface area contributed by atoms with Gasteiger partial charge in [-0.25, -0.2) is 4.98 Å². The average Bonchev–Trinajstić information content (AvgIpc) is 2.75. The van der Waals surface area contributed by atoms with E-state index in [2.05, 4.69) is 15.1 Å². The van der Waals surface area contributed by atoms with Gasteiger partial charge in [-0.1, -0.05) is 11.6 Å². The van der Waals surface area contributed by atoms with E-state index in [1.54, 1.807) is 19.4 Å². The molecule has 2 rings (SSSR count). The topological polar surface area (TPSA) is 66.7 Å². The van der Waals surface area contributed by atoms with Crippen molar-refractivity contribution in [3.05, 3.63) is 35.1 Å². The first-order valence-electron chi connectivity index (χ1n) is 4.05. The lowest BCUT2D eigenvalue weighted by Crippen LogP contribution is -2.08. The van der Waals surface area contributed by atoms with Crippen molar-refractivity contribution in [3.63, 3.8) is 0 Å². The number of rotatable bonds is 2. The first-order chi connectivity index (χ1) is 6.70. The van der Waals surface area contributed by atoms with Crippen LogP contribution in [0.1, 0.15) is 17.6 Å². The lowest BCUT2D eigenvalue weighted by molar-refractivity contribution is 0.201. The van der Waals surface area contributed by atoms with Gasteiger partial charge in [0.2, 0.25) is 0 Å². The second-order valence-corrected chi connectivity index (χ2v) is 3.29. The van der Waals surface area contributed by atoms with Gasteiger partial charge in [-0.3, -0.25) is 4.68 Å². The van der Waals surface area contributed by atoms with E-state index < -0.39 is 6.10 Å². The Morgan fingerprint density at radius 1 is 1.64 bits per heavy atom. The number of halogens is 1. The van der Waals surface area contributed by atoms with Gasteiger partial charge in [-0.15, -0.1) is 0 Å². The van der Waals surface area contributed by atoms with Gasteiger partial charge in [0.1, 0.15) is 5.82 Å². The number of aliphatic hydroxyl groups is 1. The molecule has 2 aromatic rings. The lowest BCUT2D eigenvalue weighted by Gasteiger charge is -2.08. The van der Waals surface area contributed by atoms with Crippen LogP contribution in [-0.2, 0) is 7.05 Å². The van der Waals surface area contributed by atoms with Crippen molar-refractivity contribution in [3.8, 4) is 0 Å². The number of aromatic nitrogens is 4. The third-order valence-corrected chi connectivity index (χ3v) is 2.27. The number of hydrogen-bond donors (Lipinski definition) is 2. The van der Waals surface area contributed by atoms with Crippen molar-refractivity contribution in [2.24, 2.45) is 7.05 Å². The summed E-state index contributed by atoms with van der Waals surface area (Å²) < 4.78 is 1.52. The minimum atomic E-state index is -0.870. The van der Waals surface area contributed by atoms with Crippen LogP contribution in [0.4, 0.5) is 0 Å². The van der Waals surface area contributed by atoms with E-state index in [4.69, 9.17) is 11.6 Å². The molecule has 5 nitrogen and oxygen atoms in total. The number of H-pyrrole nitrogens is 1. The molecule has 0 spiro atoms. The fourth-order valence-corrected chi connectivity index (χ4v) is 1.55. The largest absolute Gasteiger partial charge is 0.379 e. The highest BCUT2D eigenvalue weighted by Crippen LogP contribution is 2.25. The van der Waals surface area contributed by atoms with Crippen LogP contribution in [0.2, 0.25) is 5.02 Å². The number of aliphatic hydroxyl groups excluding tert-OH is 1. The summed E-state index contributed by atoms with van der Waals surface area (Å²) in [6.45, 7) is 0. The van der Waals surface area contributed by atoms with Crippen molar-refractivity contribution in [1.82, 2.24) is 19.7 Å². The van der Waals surface area contributed by atoms with Crippen molar-refractivity contribution < 1.29 is 5.11 Å². The molecule has 1 unspecified atom stereocenters. The minimum Gasteiger partial charge on any atom is -0.379 e. The number of aryl methyl sites for hydroxylation is 1. The monoisotopic (exact) mass is 212 g/mol. The van der Waals surface area contributed by atoms with E-state index in [1.807, 2.05) is 0 Å². The maximum Gasteiger partial charge on any atom is 0.154 e. The summed E-state index contributed by atoms with van der Waals surface area (Å²) in [7, 11) is 1.72.